The van der Waals surface area contributed by atoms with E-state index in [0.29, 0.717) is 16.3 Å². The highest BCUT2D eigenvalue weighted by Crippen LogP contribution is 2.23. The van der Waals surface area contributed by atoms with Crippen molar-refractivity contribution in [3.8, 4) is 5.75 Å². The molecule has 0 saturated heterocycles. The maximum absolute atomic E-state index is 13.4. The van der Waals surface area contributed by atoms with Gasteiger partial charge >= 0.3 is 0 Å². The van der Waals surface area contributed by atoms with Crippen LogP contribution < -0.4 is 10.5 Å². The molecular formula is C13H10ClF2NO. The molecule has 0 unspecified atom stereocenters. The highest BCUT2D eigenvalue weighted by Gasteiger charge is 2.07. The van der Waals surface area contributed by atoms with E-state index < -0.39 is 11.6 Å². The first-order valence-corrected chi connectivity index (χ1v) is 5.56. The summed E-state index contributed by atoms with van der Waals surface area (Å²) < 4.78 is 31.7. The van der Waals surface area contributed by atoms with Crippen LogP contribution in [0.4, 0.5) is 14.5 Å². The van der Waals surface area contributed by atoms with Crippen LogP contribution in [0.15, 0.2) is 36.4 Å². The third-order valence-electron chi connectivity index (χ3n) is 2.35. The minimum absolute atomic E-state index is 0.0164. The fourth-order valence-electron chi connectivity index (χ4n) is 1.44. The van der Waals surface area contributed by atoms with E-state index in [-0.39, 0.29) is 12.4 Å². The summed E-state index contributed by atoms with van der Waals surface area (Å²) >= 11 is 5.87. The summed E-state index contributed by atoms with van der Waals surface area (Å²) in [5.74, 6) is -0.942. The number of hydrogen-bond acceptors (Lipinski definition) is 2. The Morgan fingerprint density at radius 1 is 1.11 bits per heavy atom. The van der Waals surface area contributed by atoms with Crippen molar-refractivity contribution in [3.63, 3.8) is 0 Å². The maximum atomic E-state index is 13.4. The van der Waals surface area contributed by atoms with Crippen molar-refractivity contribution in [3.05, 3.63) is 58.6 Å². The standard InChI is InChI=1S/C13H10ClF2NO/c14-11-3-1-9(15)5-8(11)7-18-13-4-2-10(17)6-12(13)16/h1-6H,7,17H2. The van der Waals surface area contributed by atoms with Gasteiger partial charge in [0, 0.05) is 22.3 Å². The zero-order valence-corrected chi connectivity index (χ0v) is 10.0. The first-order valence-electron chi connectivity index (χ1n) is 5.18. The van der Waals surface area contributed by atoms with E-state index >= 15 is 0 Å². The van der Waals surface area contributed by atoms with E-state index in [1.54, 1.807) is 0 Å². The largest absolute Gasteiger partial charge is 0.486 e. The molecule has 0 aromatic heterocycles. The lowest BCUT2D eigenvalue weighted by Gasteiger charge is -2.09. The molecule has 0 aliphatic rings. The van der Waals surface area contributed by atoms with Gasteiger partial charge in [0.1, 0.15) is 12.4 Å². The molecular weight excluding hydrogens is 260 g/mol. The molecule has 0 spiro atoms. The molecule has 5 heteroatoms. The van der Waals surface area contributed by atoms with Gasteiger partial charge in [0.25, 0.3) is 0 Å². The van der Waals surface area contributed by atoms with Crippen LogP contribution in [0.3, 0.4) is 0 Å². The highest BCUT2D eigenvalue weighted by molar-refractivity contribution is 6.31. The van der Waals surface area contributed by atoms with Crippen LogP contribution in [0.1, 0.15) is 5.56 Å². The van der Waals surface area contributed by atoms with E-state index in [1.807, 2.05) is 0 Å². The Labute approximate surface area is 108 Å². The molecule has 0 radical (unpaired) electrons. The third kappa shape index (κ3) is 2.90. The molecule has 2 rings (SSSR count). The second-order valence-corrected chi connectivity index (χ2v) is 4.12. The van der Waals surface area contributed by atoms with E-state index in [1.165, 1.54) is 30.3 Å². The van der Waals surface area contributed by atoms with Crippen molar-refractivity contribution in [1.29, 1.82) is 0 Å². The van der Waals surface area contributed by atoms with Crippen molar-refractivity contribution >= 4 is 17.3 Å². The molecule has 0 fully saturated rings. The lowest BCUT2D eigenvalue weighted by atomic mass is 10.2. The Bertz CT molecular complexity index is 575. The summed E-state index contributed by atoms with van der Waals surface area (Å²) in [6.07, 6.45) is 0. The van der Waals surface area contributed by atoms with E-state index in [0.717, 1.165) is 6.07 Å². The fourth-order valence-corrected chi connectivity index (χ4v) is 1.62. The maximum Gasteiger partial charge on any atom is 0.167 e. The zero-order chi connectivity index (χ0) is 13.1. The number of hydrogen-bond donors (Lipinski definition) is 1. The molecule has 2 aromatic carbocycles. The van der Waals surface area contributed by atoms with Gasteiger partial charge in [-0.2, -0.15) is 0 Å². The van der Waals surface area contributed by atoms with Crippen molar-refractivity contribution < 1.29 is 13.5 Å². The second kappa shape index (κ2) is 5.23. The Morgan fingerprint density at radius 2 is 1.89 bits per heavy atom. The molecule has 94 valence electrons. The summed E-state index contributed by atoms with van der Waals surface area (Å²) in [6, 6.07) is 8.01. The van der Waals surface area contributed by atoms with Crippen LogP contribution in [-0.2, 0) is 6.61 Å². The number of ether oxygens (including phenoxy) is 1. The predicted octanol–water partition coefficient (Wildman–Crippen LogP) is 3.78. The molecule has 0 bridgehead atoms. The van der Waals surface area contributed by atoms with Gasteiger partial charge in [0.05, 0.1) is 0 Å². The number of halogens is 3. The summed E-state index contributed by atoms with van der Waals surface area (Å²) in [5, 5.41) is 0.368. The second-order valence-electron chi connectivity index (χ2n) is 3.71. The van der Waals surface area contributed by atoms with Crippen LogP contribution in [-0.4, -0.2) is 0 Å². The lowest BCUT2D eigenvalue weighted by Crippen LogP contribution is -1.99. The van der Waals surface area contributed by atoms with Crippen molar-refractivity contribution in [2.75, 3.05) is 5.73 Å². The molecule has 18 heavy (non-hydrogen) atoms. The molecule has 2 N–H and O–H groups in total. The minimum Gasteiger partial charge on any atom is -0.486 e. The number of nitrogens with two attached hydrogens (primary N) is 1. The molecule has 0 heterocycles. The number of benzene rings is 2. The van der Waals surface area contributed by atoms with Gasteiger partial charge in [-0.3, -0.25) is 0 Å². The Balaban J connectivity index is 2.13. The monoisotopic (exact) mass is 269 g/mol. The summed E-state index contributed by atoms with van der Waals surface area (Å²) in [6.45, 7) is -0.0164. The van der Waals surface area contributed by atoms with Crippen LogP contribution in [0.25, 0.3) is 0 Å². The number of rotatable bonds is 3. The van der Waals surface area contributed by atoms with Gasteiger partial charge in [-0.05, 0) is 30.3 Å². The van der Waals surface area contributed by atoms with Gasteiger partial charge in [0.2, 0.25) is 0 Å². The van der Waals surface area contributed by atoms with Gasteiger partial charge in [-0.25, -0.2) is 8.78 Å². The Kier molecular flexibility index (Phi) is 3.67. The summed E-state index contributed by atoms with van der Waals surface area (Å²) in [7, 11) is 0. The van der Waals surface area contributed by atoms with Crippen LogP contribution in [0.5, 0.6) is 5.75 Å². The molecule has 0 atom stereocenters. The molecule has 0 amide bonds. The van der Waals surface area contributed by atoms with Crippen molar-refractivity contribution in [2.45, 2.75) is 6.61 Å². The summed E-state index contributed by atoms with van der Waals surface area (Å²) in [5.41, 5.74) is 6.17. The molecule has 0 saturated carbocycles. The van der Waals surface area contributed by atoms with E-state index in [4.69, 9.17) is 22.1 Å². The first-order chi connectivity index (χ1) is 8.56. The van der Waals surface area contributed by atoms with Crippen LogP contribution in [0, 0.1) is 11.6 Å². The predicted molar refractivity (Wildman–Crippen MR) is 66.6 cm³/mol. The normalized spacial score (nSPS) is 10.4. The minimum atomic E-state index is -0.567. The smallest absolute Gasteiger partial charge is 0.167 e. The topological polar surface area (TPSA) is 35.2 Å². The SMILES string of the molecule is Nc1ccc(OCc2cc(F)ccc2Cl)c(F)c1. The Hall–Kier alpha value is -1.81. The quantitative estimate of drug-likeness (QED) is 0.861. The van der Waals surface area contributed by atoms with Gasteiger partial charge in [-0.1, -0.05) is 11.6 Å². The number of nitrogen functional groups attached to an aromatic ring is 1. The van der Waals surface area contributed by atoms with Crippen molar-refractivity contribution in [2.24, 2.45) is 0 Å². The average Bonchev–Trinajstić information content (AvgIpc) is 2.32. The fraction of sp³-hybridized carbons (Fsp3) is 0.0769. The first kappa shape index (κ1) is 12.6. The van der Waals surface area contributed by atoms with E-state index in [9.17, 15) is 8.78 Å². The average molecular weight is 270 g/mol. The van der Waals surface area contributed by atoms with E-state index in [2.05, 4.69) is 0 Å². The third-order valence-corrected chi connectivity index (χ3v) is 2.72. The number of anilines is 1. The molecule has 2 nitrogen and oxygen atoms in total. The van der Waals surface area contributed by atoms with Crippen molar-refractivity contribution in [1.82, 2.24) is 0 Å². The lowest BCUT2D eigenvalue weighted by molar-refractivity contribution is 0.290. The van der Waals surface area contributed by atoms with Gasteiger partial charge < -0.3 is 10.5 Å². The molecule has 0 aliphatic carbocycles. The van der Waals surface area contributed by atoms with Crippen LogP contribution >= 0.6 is 11.6 Å². The Morgan fingerprint density at radius 3 is 2.61 bits per heavy atom. The van der Waals surface area contributed by atoms with Crippen LogP contribution in [0.2, 0.25) is 5.02 Å². The van der Waals surface area contributed by atoms with Gasteiger partial charge in [0.15, 0.2) is 11.6 Å². The van der Waals surface area contributed by atoms with Gasteiger partial charge in [-0.15, -0.1) is 0 Å². The summed E-state index contributed by atoms with van der Waals surface area (Å²) in [4.78, 5) is 0. The molecule has 0 aliphatic heterocycles. The molecule has 2 aromatic rings. The highest BCUT2D eigenvalue weighted by atomic mass is 35.5. The zero-order valence-electron chi connectivity index (χ0n) is 9.29.